The zero-order chi connectivity index (χ0) is 11.8. The molecule has 0 unspecified atom stereocenters. The van der Waals surface area contributed by atoms with Gasteiger partial charge in [0.2, 0.25) is 5.91 Å². The van der Waals surface area contributed by atoms with Gasteiger partial charge in [-0.3, -0.25) is 4.79 Å². The third kappa shape index (κ3) is 4.45. The van der Waals surface area contributed by atoms with Gasteiger partial charge in [-0.2, -0.15) is 0 Å². The van der Waals surface area contributed by atoms with Crippen LogP contribution in [-0.2, 0) is 16.1 Å². The summed E-state index contributed by atoms with van der Waals surface area (Å²) >= 11 is 0. The largest absolute Gasteiger partial charge is 0.445 e. The summed E-state index contributed by atoms with van der Waals surface area (Å²) in [7, 11) is 3.17. The van der Waals surface area contributed by atoms with Crippen molar-refractivity contribution in [2.45, 2.75) is 6.61 Å². The molecular formula is C11H13N2O3. The van der Waals surface area contributed by atoms with Crippen LogP contribution in [0.2, 0.25) is 0 Å². The fraction of sp³-hybridized carbons (Fsp3) is 0.182. The number of hydrogen-bond acceptors (Lipinski definition) is 3. The maximum Gasteiger partial charge on any atom is 0.407 e. The van der Waals surface area contributed by atoms with E-state index >= 15 is 0 Å². The number of carbonyl (C=O) groups excluding carboxylic acids is 2. The van der Waals surface area contributed by atoms with Crippen LogP contribution in [0, 0.1) is 7.05 Å². The lowest BCUT2D eigenvalue weighted by Crippen LogP contribution is -2.34. The second-order valence-corrected chi connectivity index (χ2v) is 3.02. The van der Waals surface area contributed by atoms with E-state index in [1.807, 2.05) is 30.3 Å². The molecule has 0 aliphatic carbocycles. The molecule has 5 nitrogen and oxygen atoms in total. The fourth-order valence-electron chi connectivity index (χ4n) is 0.989. The van der Waals surface area contributed by atoms with Gasteiger partial charge < -0.3 is 15.4 Å². The number of hydrogen-bond donors (Lipinski definition) is 2. The Kier molecular flexibility index (Phi) is 4.85. The van der Waals surface area contributed by atoms with Gasteiger partial charge in [0.1, 0.15) is 6.61 Å². The molecule has 2 N–H and O–H groups in total. The minimum absolute atomic E-state index is 0.142. The van der Waals surface area contributed by atoms with E-state index in [9.17, 15) is 9.59 Å². The van der Waals surface area contributed by atoms with E-state index in [0.717, 1.165) is 5.56 Å². The van der Waals surface area contributed by atoms with Gasteiger partial charge in [-0.05, 0) is 5.56 Å². The molecule has 85 valence electrons. The van der Waals surface area contributed by atoms with Crippen LogP contribution in [-0.4, -0.2) is 18.5 Å². The molecule has 0 aromatic heterocycles. The first-order valence-electron chi connectivity index (χ1n) is 4.73. The van der Waals surface area contributed by atoms with E-state index in [0.29, 0.717) is 0 Å². The average Bonchev–Trinajstić information content (AvgIpc) is 2.34. The van der Waals surface area contributed by atoms with E-state index < -0.39 is 6.09 Å². The van der Waals surface area contributed by atoms with E-state index in [2.05, 4.69) is 17.7 Å². The van der Waals surface area contributed by atoms with Crippen LogP contribution >= 0.6 is 0 Å². The molecule has 0 spiro atoms. The van der Waals surface area contributed by atoms with Crippen LogP contribution in [0.5, 0.6) is 0 Å². The highest BCUT2D eigenvalue weighted by atomic mass is 16.5. The first-order valence-corrected chi connectivity index (χ1v) is 4.73. The Morgan fingerprint density at radius 3 is 2.56 bits per heavy atom. The van der Waals surface area contributed by atoms with Gasteiger partial charge in [-0.15, -0.1) is 0 Å². The molecule has 16 heavy (non-hydrogen) atoms. The molecule has 0 bridgehead atoms. The van der Waals surface area contributed by atoms with E-state index in [4.69, 9.17) is 4.74 Å². The lowest BCUT2D eigenvalue weighted by Gasteiger charge is -2.06. The standard InChI is InChI=1S/C11H13N2O3/c1-12-10(14)7-13-11(15)16-8-9-5-3-2-4-6-9/h2-6H,1,7-8H2,(H,12,14)(H,13,15). The third-order valence-corrected chi connectivity index (χ3v) is 1.80. The summed E-state index contributed by atoms with van der Waals surface area (Å²) in [4.78, 5) is 21.8. The Hall–Kier alpha value is -2.04. The summed E-state index contributed by atoms with van der Waals surface area (Å²) in [5.74, 6) is -0.378. The quantitative estimate of drug-likeness (QED) is 0.791. The predicted molar refractivity (Wildman–Crippen MR) is 58.1 cm³/mol. The number of ether oxygens (including phenoxy) is 1. The minimum Gasteiger partial charge on any atom is -0.445 e. The summed E-state index contributed by atoms with van der Waals surface area (Å²) in [5.41, 5.74) is 0.888. The first-order chi connectivity index (χ1) is 7.72. The van der Waals surface area contributed by atoms with Crippen molar-refractivity contribution in [1.29, 1.82) is 0 Å². The zero-order valence-corrected chi connectivity index (χ0v) is 8.73. The maximum absolute atomic E-state index is 11.1. The van der Waals surface area contributed by atoms with Gasteiger partial charge in [-0.1, -0.05) is 30.3 Å². The molecular weight excluding hydrogens is 208 g/mol. The van der Waals surface area contributed by atoms with E-state index in [1.165, 1.54) is 0 Å². The van der Waals surface area contributed by atoms with Crippen molar-refractivity contribution in [2.75, 3.05) is 6.54 Å². The molecule has 0 aliphatic rings. The summed E-state index contributed by atoms with van der Waals surface area (Å²) < 4.78 is 4.87. The molecule has 1 aromatic carbocycles. The average molecular weight is 221 g/mol. The number of benzene rings is 1. The van der Waals surface area contributed by atoms with Gasteiger partial charge >= 0.3 is 6.09 Å². The zero-order valence-electron chi connectivity index (χ0n) is 8.73. The van der Waals surface area contributed by atoms with Gasteiger partial charge in [-0.25, -0.2) is 4.79 Å². The van der Waals surface area contributed by atoms with Gasteiger partial charge in [0.05, 0.1) is 6.54 Å². The number of alkyl carbamates (subject to hydrolysis) is 1. The summed E-state index contributed by atoms with van der Waals surface area (Å²) in [6.45, 7) is 0.0375. The van der Waals surface area contributed by atoms with Crippen LogP contribution in [0.25, 0.3) is 0 Å². The second kappa shape index (κ2) is 6.44. The van der Waals surface area contributed by atoms with Crippen molar-refractivity contribution < 1.29 is 14.3 Å². The first kappa shape index (κ1) is 12.0. The van der Waals surface area contributed by atoms with Crippen LogP contribution in [0.15, 0.2) is 30.3 Å². The normalized spacial score (nSPS) is 9.31. The Morgan fingerprint density at radius 2 is 1.94 bits per heavy atom. The second-order valence-electron chi connectivity index (χ2n) is 3.02. The van der Waals surface area contributed by atoms with Gasteiger partial charge in [0.25, 0.3) is 0 Å². The number of carbonyl (C=O) groups is 2. The molecule has 2 amide bonds. The Bertz CT molecular complexity index is 352. The minimum atomic E-state index is -0.632. The topological polar surface area (TPSA) is 67.4 Å². The van der Waals surface area contributed by atoms with Gasteiger partial charge in [0.15, 0.2) is 0 Å². The molecule has 0 atom stereocenters. The lowest BCUT2D eigenvalue weighted by molar-refractivity contribution is -0.119. The smallest absolute Gasteiger partial charge is 0.407 e. The highest BCUT2D eigenvalue weighted by Crippen LogP contribution is 2.00. The maximum atomic E-state index is 11.1. The van der Waals surface area contributed by atoms with Crippen molar-refractivity contribution in [3.63, 3.8) is 0 Å². The van der Waals surface area contributed by atoms with Crippen molar-refractivity contribution in [3.05, 3.63) is 42.9 Å². The van der Waals surface area contributed by atoms with Crippen molar-refractivity contribution >= 4 is 12.0 Å². The Labute approximate surface area is 93.8 Å². The Morgan fingerprint density at radius 1 is 1.25 bits per heavy atom. The highest BCUT2D eigenvalue weighted by molar-refractivity contribution is 5.82. The monoisotopic (exact) mass is 221 g/mol. The molecule has 0 saturated carbocycles. The highest BCUT2D eigenvalue weighted by Gasteiger charge is 2.04. The molecule has 0 fully saturated rings. The van der Waals surface area contributed by atoms with Crippen LogP contribution in [0.4, 0.5) is 4.79 Å². The number of rotatable bonds is 4. The molecule has 0 saturated heterocycles. The van der Waals surface area contributed by atoms with Crippen LogP contribution in [0.1, 0.15) is 5.56 Å². The lowest BCUT2D eigenvalue weighted by atomic mass is 10.2. The van der Waals surface area contributed by atoms with E-state index in [-0.39, 0.29) is 19.1 Å². The van der Waals surface area contributed by atoms with Crippen LogP contribution in [0.3, 0.4) is 0 Å². The predicted octanol–water partition coefficient (Wildman–Crippen LogP) is 0.821. The molecule has 0 heterocycles. The Balaban J connectivity index is 2.23. The van der Waals surface area contributed by atoms with Gasteiger partial charge in [0, 0.05) is 7.05 Å². The van der Waals surface area contributed by atoms with Crippen molar-refractivity contribution in [3.8, 4) is 0 Å². The van der Waals surface area contributed by atoms with Crippen molar-refractivity contribution in [2.24, 2.45) is 0 Å². The summed E-state index contributed by atoms with van der Waals surface area (Å²) in [6, 6.07) is 9.27. The summed E-state index contributed by atoms with van der Waals surface area (Å²) in [5, 5.41) is 4.43. The third-order valence-electron chi connectivity index (χ3n) is 1.80. The molecule has 1 rings (SSSR count). The summed E-state index contributed by atoms with van der Waals surface area (Å²) in [6.07, 6.45) is -0.632. The number of nitrogens with one attached hydrogen (secondary N) is 2. The molecule has 1 radical (unpaired) electrons. The van der Waals surface area contributed by atoms with Crippen LogP contribution < -0.4 is 10.6 Å². The molecule has 0 aliphatic heterocycles. The van der Waals surface area contributed by atoms with E-state index in [1.54, 1.807) is 0 Å². The fourth-order valence-corrected chi connectivity index (χ4v) is 0.989. The molecule has 1 aromatic rings. The molecule has 5 heteroatoms. The van der Waals surface area contributed by atoms with Crippen molar-refractivity contribution in [1.82, 2.24) is 10.6 Å². The SMILES string of the molecule is [CH2]NC(=O)CNC(=O)OCc1ccccc1. The number of amides is 2.